The normalized spacial score (nSPS) is 17.5. The van der Waals surface area contributed by atoms with Crippen LogP contribution in [0.4, 0.5) is 0 Å². The van der Waals surface area contributed by atoms with Gasteiger partial charge in [-0.15, -0.1) is 0 Å². The first-order valence-electron chi connectivity index (χ1n) is 5.91. The molecule has 0 saturated carbocycles. The lowest BCUT2D eigenvalue weighted by Crippen LogP contribution is -2.40. The standard InChI is InChI=1S/C12H14BrNO5S/c13-9-3-7(10(14)4-12(15)16)1-2-11(9)20(17,18)8-5-19-6-8/h1-3,8,10H,4-6,14H2,(H,15,16). The molecule has 0 radical (unpaired) electrons. The lowest BCUT2D eigenvalue weighted by molar-refractivity contribution is -0.137. The van der Waals surface area contributed by atoms with E-state index in [2.05, 4.69) is 15.9 Å². The Morgan fingerprint density at radius 1 is 1.50 bits per heavy atom. The molecule has 1 saturated heterocycles. The number of nitrogens with two attached hydrogens (primary N) is 1. The zero-order valence-electron chi connectivity index (χ0n) is 10.5. The Labute approximate surface area is 125 Å². The van der Waals surface area contributed by atoms with E-state index in [0.29, 0.717) is 10.0 Å². The van der Waals surface area contributed by atoms with Crippen LogP contribution in [0.25, 0.3) is 0 Å². The maximum absolute atomic E-state index is 12.3. The van der Waals surface area contributed by atoms with E-state index in [0.717, 1.165) is 0 Å². The summed E-state index contributed by atoms with van der Waals surface area (Å²) in [5.74, 6) is -1.00. The Bertz CT molecular complexity index is 627. The van der Waals surface area contributed by atoms with Crippen molar-refractivity contribution in [2.24, 2.45) is 5.73 Å². The summed E-state index contributed by atoms with van der Waals surface area (Å²) < 4.78 is 29.8. The van der Waals surface area contributed by atoms with Crippen molar-refractivity contribution in [3.63, 3.8) is 0 Å². The van der Waals surface area contributed by atoms with Crippen molar-refractivity contribution in [2.45, 2.75) is 22.6 Å². The van der Waals surface area contributed by atoms with E-state index in [4.69, 9.17) is 15.6 Å². The molecule has 0 amide bonds. The van der Waals surface area contributed by atoms with Gasteiger partial charge in [0, 0.05) is 10.5 Å². The van der Waals surface area contributed by atoms with Gasteiger partial charge in [-0.1, -0.05) is 6.07 Å². The Hall–Kier alpha value is -0.960. The SMILES string of the molecule is NC(CC(=O)O)c1ccc(S(=O)(=O)C2COC2)c(Br)c1. The first kappa shape index (κ1) is 15.4. The van der Waals surface area contributed by atoms with Gasteiger partial charge in [-0.25, -0.2) is 8.42 Å². The summed E-state index contributed by atoms with van der Waals surface area (Å²) in [5, 5.41) is 8.19. The highest BCUT2D eigenvalue weighted by molar-refractivity contribution is 9.10. The molecule has 1 atom stereocenters. The van der Waals surface area contributed by atoms with Crippen molar-refractivity contribution < 1.29 is 23.1 Å². The number of carbonyl (C=O) groups is 1. The number of hydrogen-bond acceptors (Lipinski definition) is 5. The third-order valence-electron chi connectivity index (χ3n) is 3.13. The quantitative estimate of drug-likeness (QED) is 0.810. The van der Waals surface area contributed by atoms with E-state index in [1.54, 1.807) is 12.1 Å². The molecule has 1 aromatic rings. The van der Waals surface area contributed by atoms with Crippen molar-refractivity contribution in [3.8, 4) is 0 Å². The summed E-state index contributed by atoms with van der Waals surface area (Å²) >= 11 is 3.22. The molecule has 1 aliphatic heterocycles. The molecule has 6 nitrogen and oxygen atoms in total. The predicted octanol–water partition coefficient (Wildman–Crippen LogP) is 1.10. The minimum absolute atomic E-state index is 0.178. The van der Waals surface area contributed by atoms with Crippen molar-refractivity contribution in [2.75, 3.05) is 13.2 Å². The van der Waals surface area contributed by atoms with Crippen molar-refractivity contribution in [1.82, 2.24) is 0 Å². The van der Waals surface area contributed by atoms with Crippen LogP contribution >= 0.6 is 15.9 Å². The Balaban J connectivity index is 2.28. The van der Waals surface area contributed by atoms with Crippen LogP contribution in [-0.2, 0) is 19.4 Å². The van der Waals surface area contributed by atoms with Gasteiger partial charge < -0.3 is 15.6 Å². The topological polar surface area (TPSA) is 107 Å². The third kappa shape index (κ3) is 3.03. The van der Waals surface area contributed by atoms with Crippen molar-refractivity contribution in [1.29, 1.82) is 0 Å². The molecule has 1 aromatic carbocycles. The molecule has 3 N–H and O–H groups in total. The number of halogens is 1. The highest BCUT2D eigenvalue weighted by Gasteiger charge is 2.35. The predicted molar refractivity (Wildman–Crippen MR) is 75.1 cm³/mol. The van der Waals surface area contributed by atoms with Crippen molar-refractivity contribution >= 4 is 31.7 Å². The second-order valence-electron chi connectivity index (χ2n) is 4.60. The zero-order valence-corrected chi connectivity index (χ0v) is 12.9. The molecule has 110 valence electrons. The fourth-order valence-corrected chi connectivity index (χ4v) is 4.43. The summed E-state index contributed by atoms with van der Waals surface area (Å²) in [6.07, 6.45) is -0.213. The minimum Gasteiger partial charge on any atom is -0.481 e. The monoisotopic (exact) mass is 363 g/mol. The van der Waals surface area contributed by atoms with Gasteiger partial charge in [0.2, 0.25) is 0 Å². The second kappa shape index (κ2) is 5.80. The van der Waals surface area contributed by atoms with E-state index in [1.807, 2.05) is 0 Å². The molecule has 0 spiro atoms. The smallest absolute Gasteiger partial charge is 0.305 e. The number of carboxylic acids is 1. The van der Waals surface area contributed by atoms with Crippen LogP contribution in [0, 0.1) is 0 Å². The third-order valence-corrected chi connectivity index (χ3v) is 6.17. The van der Waals surface area contributed by atoms with Crippen LogP contribution in [0.3, 0.4) is 0 Å². The van der Waals surface area contributed by atoms with Gasteiger partial charge in [0.25, 0.3) is 0 Å². The summed E-state index contributed by atoms with van der Waals surface area (Å²) in [6, 6.07) is 3.88. The van der Waals surface area contributed by atoms with Gasteiger partial charge >= 0.3 is 5.97 Å². The summed E-state index contributed by atoms with van der Waals surface area (Å²) in [6.45, 7) is 0.407. The zero-order chi connectivity index (χ0) is 14.9. The number of aliphatic carboxylic acids is 1. The molecular weight excluding hydrogens is 350 g/mol. The number of benzene rings is 1. The maximum Gasteiger partial charge on any atom is 0.305 e. The molecule has 8 heteroatoms. The van der Waals surface area contributed by atoms with E-state index < -0.39 is 27.1 Å². The van der Waals surface area contributed by atoms with Gasteiger partial charge in [0.05, 0.1) is 24.5 Å². The van der Waals surface area contributed by atoms with E-state index in [9.17, 15) is 13.2 Å². The maximum atomic E-state index is 12.3. The molecule has 1 fully saturated rings. The van der Waals surface area contributed by atoms with E-state index in [1.165, 1.54) is 6.07 Å². The van der Waals surface area contributed by atoms with E-state index >= 15 is 0 Å². The van der Waals surface area contributed by atoms with E-state index in [-0.39, 0.29) is 24.5 Å². The van der Waals surface area contributed by atoms with Crippen LogP contribution in [0.5, 0.6) is 0 Å². The first-order valence-corrected chi connectivity index (χ1v) is 8.24. The fraction of sp³-hybridized carbons (Fsp3) is 0.417. The van der Waals surface area contributed by atoms with Crippen LogP contribution in [-0.4, -0.2) is 38.0 Å². The average Bonchev–Trinajstić information content (AvgIpc) is 2.24. The van der Waals surface area contributed by atoms with Gasteiger partial charge in [-0.3, -0.25) is 4.79 Å². The Morgan fingerprint density at radius 3 is 2.60 bits per heavy atom. The van der Waals surface area contributed by atoms with Gasteiger partial charge in [-0.05, 0) is 33.6 Å². The largest absolute Gasteiger partial charge is 0.481 e. The Kier molecular flexibility index (Phi) is 4.48. The number of rotatable bonds is 5. The number of carboxylic acid groups (broad SMARTS) is 1. The Morgan fingerprint density at radius 2 is 2.15 bits per heavy atom. The lowest BCUT2D eigenvalue weighted by atomic mass is 10.1. The van der Waals surface area contributed by atoms with Gasteiger partial charge in [-0.2, -0.15) is 0 Å². The summed E-state index contributed by atoms with van der Waals surface area (Å²) in [5.41, 5.74) is 6.32. The molecule has 0 aliphatic carbocycles. The highest BCUT2D eigenvalue weighted by atomic mass is 79.9. The molecule has 20 heavy (non-hydrogen) atoms. The van der Waals surface area contributed by atoms with Crippen LogP contribution < -0.4 is 5.73 Å². The van der Waals surface area contributed by atoms with Crippen molar-refractivity contribution in [3.05, 3.63) is 28.2 Å². The summed E-state index contributed by atoms with van der Waals surface area (Å²) in [4.78, 5) is 10.8. The lowest BCUT2D eigenvalue weighted by Gasteiger charge is -2.26. The molecule has 0 aromatic heterocycles. The summed E-state index contributed by atoms with van der Waals surface area (Å²) in [7, 11) is -3.43. The molecule has 2 rings (SSSR count). The second-order valence-corrected chi connectivity index (χ2v) is 7.65. The van der Waals surface area contributed by atoms with Crippen LogP contribution in [0.2, 0.25) is 0 Å². The molecule has 1 aliphatic rings. The van der Waals surface area contributed by atoms with Gasteiger partial charge in [0.15, 0.2) is 9.84 Å². The number of sulfone groups is 1. The molecule has 1 heterocycles. The first-order chi connectivity index (χ1) is 9.32. The van der Waals surface area contributed by atoms with Gasteiger partial charge in [0.1, 0.15) is 5.25 Å². The minimum atomic E-state index is -3.43. The molecular formula is C12H14BrNO5S. The fourth-order valence-electron chi connectivity index (χ4n) is 1.86. The number of hydrogen-bond donors (Lipinski definition) is 2. The average molecular weight is 364 g/mol. The highest BCUT2D eigenvalue weighted by Crippen LogP contribution is 2.30. The number of ether oxygens (including phenoxy) is 1. The molecule has 0 bridgehead atoms. The van der Waals surface area contributed by atoms with Crippen LogP contribution in [0.15, 0.2) is 27.6 Å². The van der Waals surface area contributed by atoms with Crippen LogP contribution in [0.1, 0.15) is 18.0 Å². The molecule has 1 unspecified atom stereocenters.